The van der Waals surface area contributed by atoms with Crippen molar-refractivity contribution in [2.75, 3.05) is 0 Å². The molecule has 0 heterocycles. The molecular weight excluding hydrogens is 108 g/mol. The Morgan fingerprint density at radius 3 is 2.38 bits per heavy atom. The van der Waals surface area contributed by atoms with Crippen LogP contribution in [0.25, 0.3) is 0 Å². The maximum absolute atomic E-state index is 10.0. The van der Waals surface area contributed by atoms with Crippen LogP contribution in [0.4, 0.5) is 0 Å². The number of hydrogen-bond acceptors (Lipinski definition) is 3. The number of ether oxygens (including phenoxy) is 1. The molecule has 1 radical (unpaired) electrons. The van der Waals surface area contributed by atoms with Gasteiger partial charge in [-0.05, 0) is 6.92 Å². The summed E-state index contributed by atoms with van der Waals surface area (Å²) in [6.07, 6.45) is 0.774. The normalized spacial score (nSPS) is 12.2. The van der Waals surface area contributed by atoms with Crippen LogP contribution in [0.15, 0.2) is 0 Å². The molecule has 0 bridgehead atoms. The van der Waals surface area contributed by atoms with Crippen molar-refractivity contribution in [3.8, 4) is 0 Å². The van der Waals surface area contributed by atoms with E-state index in [-0.39, 0.29) is 0 Å². The zero-order chi connectivity index (χ0) is 6.57. The van der Waals surface area contributed by atoms with E-state index in [0.717, 1.165) is 0 Å². The number of carbonyl (C=O) groups is 1. The summed E-state index contributed by atoms with van der Waals surface area (Å²) < 4.78 is 4.34. The third kappa shape index (κ3) is 3.33. The van der Waals surface area contributed by atoms with Gasteiger partial charge < -0.3 is 4.74 Å². The van der Waals surface area contributed by atoms with Gasteiger partial charge in [0, 0.05) is 6.92 Å². The van der Waals surface area contributed by atoms with Crippen molar-refractivity contribution >= 4 is 12.3 Å². The van der Waals surface area contributed by atoms with E-state index >= 15 is 0 Å². The van der Waals surface area contributed by atoms with Crippen LogP contribution in [-0.2, 0) is 14.3 Å². The minimum absolute atomic E-state index is 0.458. The third-order valence-electron chi connectivity index (χ3n) is 0.509. The van der Waals surface area contributed by atoms with Gasteiger partial charge in [0.2, 0.25) is 6.29 Å². The topological polar surface area (TPSA) is 43.4 Å². The Morgan fingerprint density at radius 1 is 1.75 bits per heavy atom. The molecule has 0 saturated heterocycles. The van der Waals surface area contributed by atoms with Crippen LogP contribution < -0.4 is 0 Å². The Bertz CT molecular complexity index is 97.8. The second-order valence-corrected chi connectivity index (χ2v) is 1.37. The molecule has 0 aliphatic rings. The van der Waals surface area contributed by atoms with Gasteiger partial charge >= 0.3 is 5.97 Å². The van der Waals surface area contributed by atoms with Crippen LogP contribution in [0.1, 0.15) is 13.8 Å². The lowest BCUT2D eigenvalue weighted by Crippen LogP contribution is -2.12. The van der Waals surface area contributed by atoms with E-state index in [4.69, 9.17) is 0 Å². The van der Waals surface area contributed by atoms with Gasteiger partial charge in [-0.25, -0.2) is 0 Å². The summed E-state index contributed by atoms with van der Waals surface area (Å²) in [6, 6.07) is 0. The van der Waals surface area contributed by atoms with Gasteiger partial charge in [-0.15, -0.1) is 0 Å². The Balaban J connectivity index is 3.38. The smallest absolute Gasteiger partial charge is 0.303 e. The molecule has 0 amide bonds. The summed E-state index contributed by atoms with van der Waals surface area (Å²) in [5.41, 5.74) is 0. The Kier molecular flexibility index (Phi) is 2.84. The summed E-state index contributed by atoms with van der Waals surface area (Å²) in [5, 5.41) is 0. The predicted octanol–water partition coefficient (Wildman–Crippen LogP) is 0.0477. The SMILES string of the molecule is CC(=O)OC(C)[C]=O. The van der Waals surface area contributed by atoms with E-state index in [9.17, 15) is 9.59 Å². The quantitative estimate of drug-likeness (QED) is 0.477. The van der Waals surface area contributed by atoms with Crippen molar-refractivity contribution < 1.29 is 14.3 Å². The molecule has 1 unspecified atom stereocenters. The van der Waals surface area contributed by atoms with Gasteiger partial charge in [-0.1, -0.05) is 0 Å². The first-order chi connectivity index (χ1) is 3.66. The highest BCUT2D eigenvalue weighted by Gasteiger charge is 2.01. The van der Waals surface area contributed by atoms with E-state index in [1.807, 2.05) is 0 Å². The molecule has 45 valence electrons. The Hall–Kier alpha value is -0.860. The molecule has 3 nitrogen and oxygen atoms in total. The second kappa shape index (κ2) is 3.18. The lowest BCUT2D eigenvalue weighted by atomic mass is 10.5. The fourth-order valence-corrected chi connectivity index (χ4v) is 0.273. The van der Waals surface area contributed by atoms with Crippen LogP contribution in [0.2, 0.25) is 0 Å². The molecule has 1 atom stereocenters. The molecule has 0 aromatic heterocycles. The van der Waals surface area contributed by atoms with E-state index < -0.39 is 12.1 Å². The van der Waals surface area contributed by atoms with Gasteiger partial charge in [0.15, 0.2) is 6.10 Å². The molecule has 0 fully saturated rings. The van der Waals surface area contributed by atoms with Crippen molar-refractivity contribution in [1.82, 2.24) is 0 Å². The van der Waals surface area contributed by atoms with E-state index in [2.05, 4.69) is 4.74 Å². The molecular formula is C5H7O3. The molecule has 3 heteroatoms. The first-order valence-electron chi connectivity index (χ1n) is 2.21. The lowest BCUT2D eigenvalue weighted by molar-refractivity contribution is -0.142. The van der Waals surface area contributed by atoms with Crippen molar-refractivity contribution in [3.63, 3.8) is 0 Å². The van der Waals surface area contributed by atoms with E-state index in [1.54, 1.807) is 0 Å². The molecule has 8 heavy (non-hydrogen) atoms. The average Bonchev–Trinajstić information content (AvgIpc) is 1.65. The summed E-state index contributed by atoms with van der Waals surface area (Å²) in [4.78, 5) is 19.7. The van der Waals surface area contributed by atoms with Gasteiger partial charge in [0.1, 0.15) is 0 Å². The number of carbonyl (C=O) groups excluding carboxylic acids is 2. The standard InChI is InChI=1S/C5H7O3/c1-4(3-6)8-5(2)7/h4H,1-2H3. The number of esters is 1. The zero-order valence-electron chi connectivity index (χ0n) is 4.80. The molecule has 0 aromatic rings. The first-order valence-corrected chi connectivity index (χ1v) is 2.21. The second-order valence-electron chi connectivity index (χ2n) is 1.37. The van der Waals surface area contributed by atoms with E-state index in [1.165, 1.54) is 20.1 Å². The van der Waals surface area contributed by atoms with Gasteiger partial charge in [0.05, 0.1) is 0 Å². The third-order valence-corrected chi connectivity index (χ3v) is 0.509. The first kappa shape index (κ1) is 7.14. The van der Waals surface area contributed by atoms with Gasteiger partial charge in [0.25, 0.3) is 0 Å². The summed E-state index contributed by atoms with van der Waals surface area (Å²) in [7, 11) is 0. The molecule has 0 aliphatic carbocycles. The monoisotopic (exact) mass is 115 g/mol. The molecule has 0 aliphatic heterocycles. The maximum atomic E-state index is 10.0. The Labute approximate surface area is 47.6 Å². The van der Waals surface area contributed by atoms with Crippen LogP contribution >= 0.6 is 0 Å². The highest BCUT2D eigenvalue weighted by atomic mass is 16.5. The summed E-state index contributed by atoms with van der Waals surface area (Å²) in [5.74, 6) is -0.458. The number of hydrogen-bond donors (Lipinski definition) is 0. The fourth-order valence-electron chi connectivity index (χ4n) is 0.273. The van der Waals surface area contributed by atoms with Gasteiger partial charge in [-0.2, -0.15) is 0 Å². The fraction of sp³-hybridized carbons (Fsp3) is 0.600. The molecule has 0 spiro atoms. The lowest BCUT2D eigenvalue weighted by Gasteiger charge is -1.99. The van der Waals surface area contributed by atoms with Crippen molar-refractivity contribution in [2.45, 2.75) is 20.0 Å². The molecule has 0 rings (SSSR count). The average molecular weight is 115 g/mol. The van der Waals surface area contributed by atoms with Crippen molar-refractivity contribution in [2.24, 2.45) is 0 Å². The minimum Gasteiger partial charge on any atom is -0.454 e. The van der Waals surface area contributed by atoms with Crippen LogP contribution in [0.3, 0.4) is 0 Å². The molecule has 0 saturated carbocycles. The minimum atomic E-state index is -0.729. The van der Waals surface area contributed by atoms with Gasteiger partial charge in [-0.3, -0.25) is 9.59 Å². The van der Waals surface area contributed by atoms with Crippen LogP contribution in [-0.4, -0.2) is 18.4 Å². The van der Waals surface area contributed by atoms with Crippen LogP contribution in [0.5, 0.6) is 0 Å². The number of rotatable bonds is 2. The summed E-state index contributed by atoms with van der Waals surface area (Å²) >= 11 is 0. The molecule has 0 aromatic carbocycles. The maximum Gasteiger partial charge on any atom is 0.303 e. The highest BCUT2D eigenvalue weighted by Crippen LogP contribution is 1.83. The van der Waals surface area contributed by atoms with E-state index in [0.29, 0.717) is 0 Å². The zero-order valence-corrected chi connectivity index (χ0v) is 4.80. The molecule has 0 N–H and O–H groups in total. The summed E-state index contributed by atoms with van der Waals surface area (Å²) in [6.45, 7) is 2.70. The van der Waals surface area contributed by atoms with Crippen molar-refractivity contribution in [3.05, 3.63) is 0 Å². The van der Waals surface area contributed by atoms with Crippen LogP contribution in [0, 0.1) is 0 Å². The highest BCUT2D eigenvalue weighted by molar-refractivity contribution is 5.69. The predicted molar refractivity (Wildman–Crippen MR) is 26.9 cm³/mol. The Morgan fingerprint density at radius 2 is 2.25 bits per heavy atom. The van der Waals surface area contributed by atoms with Crippen molar-refractivity contribution in [1.29, 1.82) is 0 Å². The largest absolute Gasteiger partial charge is 0.454 e.